The van der Waals surface area contributed by atoms with Crippen LogP contribution in [0, 0.1) is 0 Å². The minimum absolute atomic E-state index is 0.0508. The van der Waals surface area contributed by atoms with Gasteiger partial charge >= 0.3 is 0 Å². The van der Waals surface area contributed by atoms with Crippen LogP contribution >= 0.6 is 11.8 Å². The van der Waals surface area contributed by atoms with Crippen LogP contribution in [0.15, 0.2) is 29.2 Å². The molecule has 4 nitrogen and oxygen atoms in total. The van der Waals surface area contributed by atoms with Gasteiger partial charge in [-0.3, -0.25) is 4.79 Å². The van der Waals surface area contributed by atoms with E-state index >= 15 is 0 Å². The molecule has 0 heterocycles. The van der Waals surface area contributed by atoms with Gasteiger partial charge in [0.2, 0.25) is 10.0 Å². The fourth-order valence-corrected chi connectivity index (χ4v) is 3.92. The van der Waals surface area contributed by atoms with Crippen molar-refractivity contribution in [2.24, 2.45) is 0 Å². The third kappa shape index (κ3) is 4.56. The van der Waals surface area contributed by atoms with Gasteiger partial charge in [0, 0.05) is 25.1 Å². The molecule has 0 fully saturated rings. The largest absolute Gasteiger partial charge is 0.294 e. The molecule has 0 bridgehead atoms. The average molecular weight is 329 g/mol. The SMILES string of the molecule is CCC(=O)c1cccc(S(=O)(=O)N(C)C(C)CCSC)c1. The Labute approximate surface area is 132 Å². The normalized spacial score (nSPS) is 13.4. The quantitative estimate of drug-likeness (QED) is 0.688. The van der Waals surface area contributed by atoms with E-state index in [1.54, 1.807) is 43.9 Å². The maximum atomic E-state index is 12.6. The topological polar surface area (TPSA) is 54.5 Å². The van der Waals surface area contributed by atoms with Gasteiger partial charge in [-0.05, 0) is 37.5 Å². The van der Waals surface area contributed by atoms with Crippen molar-refractivity contribution in [1.29, 1.82) is 0 Å². The fraction of sp³-hybridized carbons (Fsp3) is 0.533. The molecule has 0 saturated heterocycles. The van der Waals surface area contributed by atoms with E-state index < -0.39 is 10.0 Å². The number of hydrogen-bond acceptors (Lipinski definition) is 4. The summed E-state index contributed by atoms with van der Waals surface area (Å²) < 4.78 is 26.6. The van der Waals surface area contributed by atoms with Crippen LogP contribution in [0.4, 0.5) is 0 Å². The van der Waals surface area contributed by atoms with E-state index in [4.69, 9.17) is 0 Å². The van der Waals surface area contributed by atoms with Gasteiger partial charge in [0.15, 0.2) is 5.78 Å². The number of ketones is 1. The van der Waals surface area contributed by atoms with Crippen LogP contribution < -0.4 is 0 Å². The van der Waals surface area contributed by atoms with Gasteiger partial charge in [-0.25, -0.2) is 8.42 Å². The van der Waals surface area contributed by atoms with E-state index in [1.165, 1.54) is 10.4 Å². The molecule has 1 rings (SSSR count). The Kier molecular flexibility index (Phi) is 6.90. The van der Waals surface area contributed by atoms with Crippen molar-refractivity contribution >= 4 is 27.6 Å². The van der Waals surface area contributed by atoms with Gasteiger partial charge in [-0.2, -0.15) is 16.1 Å². The van der Waals surface area contributed by atoms with Crippen LogP contribution in [0.3, 0.4) is 0 Å². The van der Waals surface area contributed by atoms with E-state index in [1.807, 2.05) is 13.2 Å². The van der Waals surface area contributed by atoms with Crippen LogP contribution in [0.5, 0.6) is 0 Å². The summed E-state index contributed by atoms with van der Waals surface area (Å²) in [6.07, 6.45) is 3.16. The summed E-state index contributed by atoms with van der Waals surface area (Å²) in [6.45, 7) is 3.66. The number of rotatable bonds is 8. The monoisotopic (exact) mass is 329 g/mol. The molecule has 0 spiro atoms. The highest BCUT2D eigenvalue weighted by molar-refractivity contribution is 7.98. The van der Waals surface area contributed by atoms with E-state index in [-0.39, 0.29) is 16.7 Å². The lowest BCUT2D eigenvalue weighted by molar-refractivity contribution is 0.0988. The number of sulfonamides is 1. The molecule has 1 unspecified atom stereocenters. The van der Waals surface area contributed by atoms with Crippen LogP contribution in [0.2, 0.25) is 0 Å². The van der Waals surface area contributed by atoms with Gasteiger partial charge in [0.25, 0.3) is 0 Å². The highest BCUT2D eigenvalue weighted by atomic mass is 32.2. The summed E-state index contributed by atoms with van der Waals surface area (Å²) in [7, 11) is -1.97. The summed E-state index contributed by atoms with van der Waals surface area (Å²) in [5.41, 5.74) is 0.448. The van der Waals surface area contributed by atoms with E-state index in [0.29, 0.717) is 12.0 Å². The number of Topliss-reactive ketones (excluding diaryl/α,β-unsaturated/α-hetero) is 1. The summed E-state index contributed by atoms with van der Waals surface area (Å²) in [6, 6.07) is 6.21. The summed E-state index contributed by atoms with van der Waals surface area (Å²) in [5, 5.41) is 0. The second-order valence-electron chi connectivity index (χ2n) is 4.96. The van der Waals surface area contributed by atoms with Crippen LogP contribution in [-0.4, -0.2) is 43.6 Å². The maximum absolute atomic E-state index is 12.6. The van der Waals surface area contributed by atoms with Crippen molar-refractivity contribution in [2.75, 3.05) is 19.1 Å². The standard InChI is InChI=1S/C15H23NO3S2/c1-5-15(17)13-7-6-8-14(11-13)21(18,19)16(3)12(2)9-10-20-4/h6-8,11-12H,5,9-10H2,1-4H3. The molecule has 0 aliphatic carbocycles. The highest BCUT2D eigenvalue weighted by Gasteiger charge is 2.25. The number of benzene rings is 1. The smallest absolute Gasteiger partial charge is 0.243 e. The van der Waals surface area contributed by atoms with Crippen LogP contribution in [0.25, 0.3) is 0 Å². The minimum atomic E-state index is -3.56. The average Bonchev–Trinajstić information content (AvgIpc) is 2.50. The number of carbonyl (C=O) groups is 1. The van der Waals surface area contributed by atoms with Gasteiger partial charge in [-0.15, -0.1) is 0 Å². The molecule has 1 atom stereocenters. The summed E-state index contributed by atoms with van der Waals surface area (Å²) in [4.78, 5) is 11.9. The Hall–Kier alpha value is -0.850. The Morgan fingerprint density at radius 3 is 2.62 bits per heavy atom. The molecule has 0 saturated carbocycles. The van der Waals surface area contributed by atoms with Crippen molar-refractivity contribution in [3.8, 4) is 0 Å². The minimum Gasteiger partial charge on any atom is -0.294 e. The molecule has 21 heavy (non-hydrogen) atoms. The molecule has 0 aliphatic heterocycles. The second kappa shape index (κ2) is 7.96. The molecule has 0 amide bonds. The number of nitrogens with zero attached hydrogens (tertiary/aromatic N) is 1. The fourth-order valence-electron chi connectivity index (χ4n) is 1.91. The number of hydrogen-bond donors (Lipinski definition) is 0. The maximum Gasteiger partial charge on any atom is 0.243 e. The molecule has 1 aromatic rings. The Bertz CT molecular complexity index is 584. The first-order valence-corrected chi connectivity index (χ1v) is 9.78. The first-order chi connectivity index (χ1) is 9.84. The molecule has 6 heteroatoms. The zero-order chi connectivity index (χ0) is 16.0. The first-order valence-electron chi connectivity index (χ1n) is 6.94. The van der Waals surface area contributed by atoms with Gasteiger partial charge in [0.05, 0.1) is 4.90 Å². The van der Waals surface area contributed by atoms with Crippen molar-refractivity contribution in [3.05, 3.63) is 29.8 Å². The molecule has 0 aromatic heterocycles. The lowest BCUT2D eigenvalue weighted by Crippen LogP contribution is -2.35. The van der Waals surface area contributed by atoms with Crippen molar-refractivity contribution < 1.29 is 13.2 Å². The predicted octanol–water partition coefficient (Wildman–Crippen LogP) is 3.04. The molecule has 118 valence electrons. The second-order valence-corrected chi connectivity index (χ2v) is 7.94. The Balaban J connectivity index is 3.04. The molecular formula is C15H23NO3S2. The highest BCUT2D eigenvalue weighted by Crippen LogP contribution is 2.20. The Morgan fingerprint density at radius 1 is 1.38 bits per heavy atom. The van der Waals surface area contributed by atoms with Crippen LogP contribution in [0.1, 0.15) is 37.0 Å². The van der Waals surface area contributed by atoms with Crippen molar-refractivity contribution in [3.63, 3.8) is 0 Å². The summed E-state index contributed by atoms with van der Waals surface area (Å²) >= 11 is 1.70. The van der Waals surface area contributed by atoms with Crippen molar-refractivity contribution in [1.82, 2.24) is 4.31 Å². The zero-order valence-corrected chi connectivity index (χ0v) is 14.6. The molecular weight excluding hydrogens is 306 g/mol. The van der Waals surface area contributed by atoms with Crippen molar-refractivity contribution in [2.45, 2.75) is 37.6 Å². The molecule has 0 radical (unpaired) electrons. The lowest BCUT2D eigenvalue weighted by Gasteiger charge is -2.24. The molecule has 0 N–H and O–H groups in total. The predicted molar refractivity (Wildman–Crippen MR) is 88.5 cm³/mol. The Morgan fingerprint density at radius 2 is 2.05 bits per heavy atom. The van der Waals surface area contributed by atoms with Crippen LogP contribution in [-0.2, 0) is 10.0 Å². The third-order valence-electron chi connectivity index (χ3n) is 3.51. The van der Waals surface area contributed by atoms with Gasteiger partial charge < -0.3 is 0 Å². The third-order valence-corrected chi connectivity index (χ3v) is 6.13. The molecule has 0 aliphatic rings. The van der Waals surface area contributed by atoms with E-state index in [2.05, 4.69) is 0 Å². The number of thioether (sulfide) groups is 1. The van der Waals surface area contributed by atoms with E-state index in [9.17, 15) is 13.2 Å². The van der Waals surface area contributed by atoms with E-state index in [0.717, 1.165) is 12.2 Å². The lowest BCUT2D eigenvalue weighted by atomic mass is 10.1. The van der Waals surface area contributed by atoms with Gasteiger partial charge in [0.1, 0.15) is 0 Å². The zero-order valence-electron chi connectivity index (χ0n) is 13.0. The summed E-state index contributed by atoms with van der Waals surface area (Å²) in [5.74, 6) is 0.861. The molecule has 1 aromatic carbocycles. The first kappa shape index (κ1) is 18.2. The number of carbonyl (C=O) groups excluding carboxylic acids is 1. The van der Waals surface area contributed by atoms with Gasteiger partial charge in [-0.1, -0.05) is 19.1 Å².